The van der Waals surface area contributed by atoms with Crippen LogP contribution in [0.1, 0.15) is 46.5 Å². The summed E-state index contributed by atoms with van der Waals surface area (Å²) in [5.41, 5.74) is 5.18. The number of piperidine rings is 1. The molecule has 2 bridgehead atoms. The monoisotopic (exact) mass is 212 g/mol. The summed E-state index contributed by atoms with van der Waals surface area (Å²) in [5, 5.41) is 14.3. The van der Waals surface area contributed by atoms with Crippen LogP contribution >= 0.6 is 0 Å². The fraction of sp³-hybridized carbons (Fsp3) is 1.00. The first-order valence-electron chi connectivity index (χ1n) is 6.12. The van der Waals surface area contributed by atoms with Crippen LogP contribution in [-0.4, -0.2) is 28.3 Å². The van der Waals surface area contributed by atoms with Gasteiger partial charge in [0.25, 0.3) is 0 Å². The molecule has 0 aromatic heterocycles. The van der Waals surface area contributed by atoms with Gasteiger partial charge in [0.2, 0.25) is 0 Å². The highest BCUT2D eigenvalue weighted by Crippen LogP contribution is 2.41. The molecule has 2 saturated heterocycles. The molecule has 0 amide bonds. The van der Waals surface area contributed by atoms with E-state index in [0.717, 1.165) is 12.8 Å². The molecule has 2 fully saturated rings. The summed E-state index contributed by atoms with van der Waals surface area (Å²) in [4.78, 5) is 0. The fourth-order valence-electron chi connectivity index (χ4n) is 3.10. The zero-order chi connectivity index (χ0) is 11.3. The van der Waals surface area contributed by atoms with Crippen LogP contribution in [0.3, 0.4) is 0 Å². The lowest BCUT2D eigenvalue weighted by atomic mass is 9.68. The molecule has 2 aliphatic rings. The number of hydrogen-bond donors (Lipinski definition) is 3. The summed E-state index contributed by atoms with van der Waals surface area (Å²) < 4.78 is 0. The van der Waals surface area contributed by atoms with Crippen molar-refractivity contribution in [2.45, 2.75) is 69.7 Å². The normalized spacial score (nSPS) is 44.4. The average Bonchev–Trinajstić information content (AvgIpc) is 2.45. The lowest BCUT2D eigenvalue weighted by Crippen LogP contribution is -2.66. The van der Waals surface area contributed by atoms with Gasteiger partial charge in [0.1, 0.15) is 0 Å². The summed E-state index contributed by atoms with van der Waals surface area (Å²) in [6, 6.07) is 0.964. The standard InChI is InChI=1S/C12H24N2O/c1-8(2)11(3,13)12(15)6-9-4-5-10(7-12)14-9/h8-10,14-15H,4-7,13H2,1-3H3. The Morgan fingerprint density at radius 1 is 1.33 bits per heavy atom. The second kappa shape index (κ2) is 3.44. The van der Waals surface area contributed by atoms with E-state index in [1.807, 2.05) is 6.92 Å². The second-order valence-corrected chi connectivity index (χ2v) is 6.02. The first kappa shape index (κ1) is 11.4. The molecular weight excluding hydrogens is 188 g/mol. The molecule has 0 radical (unpaired) electrons. The number of rotatable bonds is 2. The zero-order valence-electron chi connectivity index (χ0n) is 10.1. The number of nitrogens with one attached hydrogen (secondary N) is 1. The van der Waals surface area contributed by atoms with Crippen molar-refractivity contribution in [3.63, 3.8) is 0 Å². The Kier molecular flexibility index (Phi) is 2.61. The molecule has 0 aromatic rings. The zero-order valence-corrected chi connectivity index (χ0v) is 10.1. The minimum Gasteiger partial charge on any atom is -0.388 e. The SMILES string of the molecule is CC(C)C(C)(N)C1(O)CC2CCC(C1)N2. The summed E-state index contributed by atoms with van der Waals surface area (Å²) in [7, 11) is 0. The maximum Gasteiger partial charge on any atom is 0.0855 e. The van der Waals surface area contributed by atoms with Crippen molar-refractivity contribution in [1.29, 1.82) is 0 Å². The van der Waals surface area contributed by atoms with Crippen molar-refractivity contribution >= 4 is 0 Å². The summed E-state index contributed by atoms with van der Waals surface area (Å²) in [6.07, 6.45) is 4.02. The van der Waals surface area contributed by atoms with E-state index in [4.69, 9.17) is 5.73 Å². The van der Waals surface area contributed by atoms with Crippen molar-refractivity contribution in [3.05, 3.63) is 0 Å². The highest BCUT2D eigenvalue weighted by Gasteiger charge is 2.52. The molecule has 15 heavy (non-hydrogen) atoms. The van der Waals surface area contributed by atoms with Gasteiger partial charge in [-0.3, -0.25) is 0 Å². The van der Waals surface area contributed by atoms with Gasteiger partial charge in [-0.15, -0.1) is 0 Å². The summed E-state index contributed by atoms with van der Waals surface area (Å²) >= 11 is 0. The van der Waals surface area contributed by atoms with Crippen molar-refractivity contribution < 1.29 is 5.11 Å². The highest BCUT2D eigenvalue weighted by molar-refractivity contribution is 5.10. The van der Waals surface area contributed by atoms with Gasteiger partial charge >= 0.3 is 0 Å². The van der Waals surface area contributed by atoms with Gasteiger partial charge in [-0.1, -0.05) is 13.8 Å². The lowest BCUT2D eigenvalue weighted by Gasteiger charge is -2.49. The number of fused-ring (bicyclic) bond motifs is 2. The summed E-state index contributed by atoms with van der Waals surface area (Å²) in [6.45, 7) is 6.20. The molecule has 4 N–H and O–H groups in total. The minimum absolute atomic E-state index is 0.306. The quantitative estimate of drug-likeness (QED) is 0.640. The maximum atomic E-state index is 10.8. The summed E-state index contributed by atoms with van der Waals surface area (Å²) in [5.74, 6) is 0.306. The van der Waals surface area contributed by atoms with Crippen LogP contribution in [0.15, 0.2) is 0 Å². The van der Waals surface area contributed by atoms with Gasteiger partial charge in [-0.25, -0.2) is 0 Å². The molecule has 0 aliphatic carbocycles. The largest absolute Gasteiger partial charge is 0.388 e. The lowest BCUT2D eigenvalue weighted by molar-refractivity contribution is -0.0816. The third kappa shape index (κ3) is 1.71. The van der Waals surface area contributed by atoms with Crippen molar-refractivity contribution in [2.24, 2.45) is 11.7 Å². The molecule has 3 unspecified atom stereocenters. The Morgan fingerprint density at radius 2 is 1.80 bits per heavy atom. The van der Waals surface area contributed by atoms with E-state index in [2.05, 4.69) is 19.2 Å². The van der Waals surface area contributed by atoms with Crippen LogP contribution in [0.2, 0.25) is 0 Å². The molecule has 2 rings (SSSR count). The van der Waals surface area contributed by atoms with Gasteiger partial charge in [0.15, 0.2) is 0 Å². The topological polar surface area (TPSA) is 58.3 Å². The Hall–Kier alpha value is -0.120. The molecule has 3 atom stereocenters. The predicted octanol–water partition coefficient (Wildman–Crippen LogP) is 1.01. The average molecular weight is 212 g/mol. The highest BCUT2D eigenvalue weighted by atomic mass is 16.3. The molecule has 3 heteroatoms. The first-order valence-corrected chi connectivity index (χ1v) is 6.12. The van der Waals surface area contributed by atoms with Gasteiger partial charge in [-0.05, 0) is 38.5 Å². The van der Waals surface area contributed by atoms with E-state index in [-0.39, 0.29) is 0 Å². The van der Waals surface area contributed by atoms with Gasteiger partial charge in [-0.2, -0.15) is 0 Å². The molecule has 88 valence electrons. The maximum absolute atomic E-state index is 10.8. The van der Waals surface area contributed by atoms with Crippen LogP contribution in [0.4, 0.5) is 0 Å². The van der Waals surface area contributed by atoms with Crippen LogP contribution in [-0.2, 0) is 0 Å². The smallest absolute Gasteiger partial charge is 0.0855 e. The fourth-order valence-corrected chi connectivity index (χ4v) is 3.10. The van der Waals surface area contributed by atoms with Crippen LogP contribution in [0.5, 0.6) is 0 Å². The first-order chi connectivity index (χ1) is 6.85. The van der Waals surface area contributed by atoms with E-state index in [1.165, 1.54) is 12.8 Å². The molecule has 2 heterocycles. The van der Waals surface area contributed by atoms with E-state index in [1.54, 1.807) is 0 Å². The van der Waals surface area contributed by atoms with E-state index >= 15 is 0 Å². The second-order valence-electron chi connectivity index (χ2n) is 6.02. The Morgan fingerprint density at radius 3 is 2.20 bits per heavy atom. The van der Waals surface area contributed by atoms with E-state index < -0.39 is 11.1 Å². The number of nitrogens with two attached hydrogens (primary N) is 1. The Bertz CT molecular complexity index is 238. The van der Waals surface area contributed by atoms with E-state index in [9.17, 15) is 5.11 Å². The Labute approximate surface area is 92.4 Å². The van der Waals surface area contributed by atoms with Crippen molar-refractivity contribution in [1.82, 2.24) is 5.32 Å². The molecule has 2 aliphatic heterocycles. The van der Waals surface area contributed by atoms with Gasteiger partial charge in [0, 0.05) is 17.6 Å². The van der Waals surface area contributed by atoms with Crippen molar-refractivity contribution in [3.8, 4) is 0 Å². The van der Waals surface area contributed by atoms with Gasteiger partial charge < -0.3 is 16.2 Å². The Balaban J connectivity index is 2.20. The van der Waals surface area contributed by atoms with Crippen LogP contribution < -0.4 is 11.1 Å². The molecule has 0 spiro atoms. The number of hydrogen-bond acceptors (Lipinski definition) is 3. The molecule has 0 aromatic carbocycles. The van der Waals surface area contributed by atoms with Gasteiger partial charge in [0.05, 0.1) is 5.60 Å². The van der Waals surface area contributed by atoms with Crippen LogP contribution in [0, 0.1) is 5.92 Å². The van der Waals surface area contributed by atoms with Crippen molar-refractivity contribution in [2.75, 3.05) is 0 Å². The van der Waals surface area contributed by atoms with E-state index in [0.29, 0.717) is 18.0 Å². The van der Waals surface area contributed by atoms with Crippen LogP contribution in [0.25, 0.3) is 0 Å². The third-order valence-electron chi connectivity index (χ3n) is 4.71. The predicted molar refractivity (Wildman–Crippen MR) is 61.6 cm³/mol. The molecular formula is C12H24N2O. The minimum atomic E-state index is -0.682. The third-order valence-corrected chi connectivity index (χ3v) is 4.71. The molecule has 0 saturated carbocycles. The molecule has 3 nitrogen and oxygen atoms in total. The number of aliphatic hydroxyl groups is 1.